The summed E-state index contributed by atoms with van der Waals surface area (Å²) >= 11 is 0. The summed E-state index contributed by atoms with van der Waals surface area (Å²) in [7, 11) is 6.37. The molecule has 0 spiro atoms. The molecular weight excluding hydrogens is 281 g/mol. The van der Waals surface area contributed by atoms with Gasteiger partial charge in [-0.15, -0.1) is 11.5 Å². The Labute approximate surface area is 102 Å². The van der Waals surface area contributed by atoms with Crippen LogP contribution in [0.3, 0.4) is 0 Å². The monoisotopic (exact) mass is 290 g/mol. The molecule has 0 atom stereocenters. The SMILES string of the molecule is C[Si](C)(C)C#CC12[Si][Si]C([Si][Si]1)[Si][Si]2. The van der Waals surface area contributed by atoms with Crippen molar-refractivity contribution < 1.29 is 0 Å². The fourth-order valence-electron chi connectivity index (χ4n) is 1.12. The third-order valence-corrected chi connectivity index (χ3v) is 27.3. The Morgan fingerprint density at radius 3 is 1.93 bits per heavy atom. The van der Waals surface area contributed by atoms with Crippen LogP contribution in [0, 0.1) is 11.5 Å². The Bertz CT molecular complexity index is 261. The van der Waals surface area contributed by atoms with Gasteiger partial charge in [-0.25, -0.2) is 0 Å². The Balaban J connectivity index is 2.11. The van der Waals surface area contributed by atoms with E-state index in [1.54, 1.807) is 0 Å². The highest BCUT2D eigenvalue weighted by atomic mass is 29.3. The van der Waals surface area contributed by atoms with Gasteiger partial charge in [0.1, 0.15) is 8.07 Å². The predicted octanol–water partition coefficient (Wildman–Crippen LogP) is -0.358. The van der Waals surface area contributed by atoms with Crippen molar-refractivity contribution >= 4 is 62.3 Å². The lowest BCUT2D eigenvalue weighted by molar-refractivity contribution is 1.45. The number of hydrogen-bond donors (Lipinski definition) is 0. The third-order valence-electron chi connectivity index (χ3n) is 1.84. The second-order valence-electron chi connectivity index (χ2n) is 4.49. The molecule has 3 fully saturated rings. The lowest BCUT2D eigenvalue weighted by Crippen LogP contribution is -2.56. The molecule has 2 bridgehead atoms. The first-order valence-corrected chi connectivity index (χ1v) is 17.3. The summed E-state index contributed by atoms with van der Waals surface area (Å²) in [5.74, 6) is 3.73. The molecule has 0 aromatic rings. The second-order valence-corrected chi connectivity index (χ2v) is 22.9. The van der Waals surface area contributed by atoms with Crippen molar-refractivity contribution in [3.8, 4) is 11.5 Å². The summed E-state index contributed by atoms with van der Waals surface area (Å²) < 4.78 is 0.588. The van der Waals surface area contributed by atoms with E-state index < -0.39 is 8.07 Å². The first kappa shape index (κ1) is 11.6. The molecule has 0 nitrogen and oxygen atoms in total. The van der Waals surface area contributed by atoms with Gasteiger partial charge < -0.3 is 0 Å². The van der Waals surface area contributed by atoms with Gasteiger partial charge in [0.2, 0.25) is 0 Å². The maximum absolute atomic E-state index is 3.73. The smallest absolute Gasteiger partial charge is 0.129 e. The van der Waals surface area contributed by atoms with Crippen LogP contribution < -0.4 is 0 Å². The molecule has 0 saturated carbocycles. The number of rotatable bonds is 0. The molecule has 0 unspecified atom stereocenters. The Kier molecular flexibility index (Phi) is 3.43. The van der Waals surface area contributed by atoms with Crippen LogP contribution in [0.15, 0.2) is 0 Å². The summed E-state index contributed by atoms with van der Waals surface area (Å²) in [5.41, 5.74) is 3.63. The highest BCUT2D eigenvalue weighted by Gasteiger charge is 2.41. The highest BCUT2D eigenvalue weighted by molar-refractivity contribution is 7.42. The molecule has 3 heterocycles. The summed E-state index contributed by atoms with van der Waals surface area (Å²) in [5, 5.41) is 0. The van der Waals surface area contributed by atoms with Gasteiger partial charge in [0.15, 0.2) is 0 Å². The summed E-state index contributed by atoms with van der Waals surface area (Å²) in [6, 6.07) is 0. The lowest BCUT2D eigenvalue weighted by Gasteiger charge is -2.40. The van der Waals surface area contributed by atoms with Crippen molar-refractivity contribution in [2.45, 2.75) is 28.7 Å². The Hall–Kier alpha value is 1.08. The minimum absolute atomic E-state index is 0.588. The van der Waals surface area contributed by atoms with Crippen LogP contribution in [0.2, 0.25) is 28.7 Å². The zero-order valence-corrected chi connectivity index (χ0v) is 15.6. The maximum Gasteiger partial charge on any atom is 0.129 e. The molecule has 66 valence electrons. The molecule has 3 rings (SSSR count). The van der Waals surface area contributed by atoms with E-state index in [1.807, 2.05) is 0 Å². The van der Waals surface area contributed by atoms with E-state index >= 15 is 0 Å². The molecule has 7 heteroatoms. The topological polar surface area (TPSA) is 0 Å². The van der Waals surface area contributed by atoms with E-state index in [1.165, 1.54) is 59.0 Å². The molecule has 3 saturated heterocycles. The van der Waals surface area contributed by atoms with Gasteiger partial charge >= 0.3 is 0 Å². The summed E-state index contributed by atoms with van der Waals surface area (Å²) in [4.78, 5) is 1.18. The van der Waals surface area contributed by atoms with Gasteiger partial charge in [-0.3, -0.25) is 0 Å². The average Bonchev–Trinajstić information content (AvgIpc) is 2.17. The van der Waals surface area contributed by atoms with Gasteiger partial charge in [0.05, 0.1) is 0 Å². The van der Waals surface area contributed by atoms with Crippen molar-refractivity contribution in [1.29, 1.82) is 0 Å². The van der Waals surface area contributed by atoms with Crippen molar-refractivity contribution in [1.82, 2.24) is 0 Å². The minimum atomic E-state index is -1.13. The number of hydrogen-bond acceptors (Lipinski definition) is 0. The van der Waals surface area contributed by atoms with Crippen LogP contribution in [-0.4, -0.2) is 62.3 Å². The first-order chi connectivity index (χ1) is 6.49. The van der Waals surface area contributed by atoms with Crippen molar-refractivity contribution in [2.24, 2.45) is 0 Å². The zero-order valence-electron chi connectivity index (χ0n) is 8.58. The highest BCUT2D eigenvalue weighted by Crippen LogP contribution is 2.31. The summed E-state index contributed by atoms with van der Waals surface area (Å²) in [6.07, 6.45) is 0. The predicted molar refractivity (Wildman–Crippen MR) is 72.1 cm³/mol. The van der Waals surface area contributed by atoms with Gasteiger partial charge in [-0.1, -0.05) is 24.4 Å². The quantitative estimate of drug-likeness (QED) is 0.422. The molecule has 0 amide bonds. The average molecular weight is 291 g/mol. The largest absolute Gasteiger partial charge is 0.132 e. The van der Waals surface area contributed by atoms with Gasteiger partial charge in [-0.2, -0.15) is 0 Å². The standard InChI is InChI=1S/C7H10Si7/c1-14(2,3)5-4-7-11-8-6(9-12-7)10-13-7/h6H,1-3H3. The molecule has 3 aliphatic heterocycles. The van der Waals surface area contributed by atoms with Gasteiger partial charge in [-0.05, 0) is 4.28 Å². The molecule has 3 aliphatic rings. The maximum atomic E-state index is 3.73. The lowest BCUT2D eigenvalue weighted by atomic mass is 10.8. The second kappa shape index (κ2) is 4.15. The minimum Gasteiger partial charge on any atom is -0.132 e. The van der Waals surface area contributed by atoms with Crippen LogP contribution in [-0.2, 0) is 0 Å². The van der Waals surface area contributed by atoms with Crippen LogP contribution in [0.1, 0.15) is 0 Å². The fraction of sp³-hybridized carbons (Fsp3) is 0.714. The third kappa shape index (κ3) is 2.81. The zero-order chi connectivity index (χ0) is 10.2. The molecular formula is C7H10Si7. The van der Waals surface area contributed by atoms with E-state index in [-0.39, 0.29) is 0 Å². The van der Waals surface area contributed by atoms with Crippen LogP contribution >= 0.6 is 0 Å². The van der Waals surface area contributed by atoms with E-state index in [2.05, 4.69) is 31.1 Å². The fourth-order valence-corrected chi connectivity index (χ4v) is 31.3. The molecule has 0 aromatic carbocycles. The van der Waals surface area contributed by atoms with Crippen LogP contribution in [0.5, 0.6) is 0 Å². The molecule has 12 radical (unpaired) electrons. The van der Waals surface area contributed by atoms with Gasteiger partial charge in [0.25, 0.3) is 0 Å². The van der Waals surface area contributed by atoms with E-state index in [0.717, 1.165) is 0 Å². The van der Waals surface area contributed by atoms with E-state index in [0.29, 0.717) is 4.28 Å². The van der Waals surface area contributed by atoms with Crippen molar-refractivity contribution in [2.75, 3.05) is 0 Å². The Morgan fingerprint density at radius 2 is 1.50 bits per heavy atom. The van der Waals surface area contributed by atoms with Crippen molar-refractivity contribution in [3.05, 3.63) is 0 Å². The normalized spacial score (nSPS) is 36.4. The number of fused-ring (bicyclic) bond motifs is 3. The van der Waals surface area contributed by atoms with E-state index in [4.69, 9.17) is 0 Å². The van der Waals surface area contributed by atoms with Crippen LogP contribution in [0.4, 0.5) is 0 Å². The molecule has 0 aliphatic carbocycles. The van der Waals surface area contributed by atoms with Crippen molar-refractivity contribution in [3.63, 3.8) is 0 Å². The van der Waals surface area contributed by atoms with E-state index in [9.17, 15) is 0 Å². The molecule has 0 aromatic heterocycles. The van der Waals surface area contributed by atoms with Crippen LogP contribution in [0.25, 0.3) is 0 Å². The Morgan fingerprint density at radius 1 is 1.00 bits per heavy atom. The molecule has 14 heavy (non-hydrogen) atoms. The first-order valence-electron chi connectivity index (χ1n) is 4.62. The van der Waals surface area contributed by atoms with Gasteiger partial charge in [0, 0.05) is 54.2 Å². The molecule has 0 N–H and O–H groups in total. The summed E-state index contributed by atoms with van der Waals surface area (Å²) in [6.45, 7) is 7.11.